The molecule has 0 bridgehead atoms. The molecule has 0 amide bonds. The lowest BCUT2D eigenvalue weighted by molar-refractivity contribution is -0.00221. The Kier molecular flexibility index (Phi) is 3.81. The Labute approximate surface area is 136 Å². The highest BCUT2D eigenvalue weighted by Crippen LogP contribution is 2.38. The standard InChI is InChI=1S/C18H23N3O2/c1-11-19-16-6-5-14(22-2)10-15(16)18(20-11)21-13-7-8-23-17(9-13)12-3-4-12/h5-6,10,12-13,17H,3-4,7-9H2,1-2H3,(H,19,20,21). The predicted molar refractivity (Wildman–Crippen MR) is 89.9 cm³/mol. The van der Waals surface area contributed by atoms with Crippen molar-refractivity contribution in [1.82, 2.24) is 9.97 Å². The summed E-state index contributed by atoms with van der Waals surface area (Å²) in [6, 6.07) is 6.36. The molecular weight excluding hydrogens is 290 g/mol. The van der Waals surface area contributed by atoms with Crippen LogP contribution in [0.2, 0.25) is 0 Å². The number of methoxy groups -OCH3 is 1. The Hall–Kier alpha value is -1.88. The molecule has 2 heterocycles. The van der Waals surface area contributed by atoms with Gasteiger partial charge in [-0.2, -0.15) is 0 Å². The lowest BCUT2D eigenvalue weighted by Crippen LogP contribution is -2.35. The minimum absolute atomic E-state index is 0.415. The molecule has 5 nitrogen and oxygen atoms in total. The third kappa shape index (κ3) is 3.11. The van der Waals surface area contributed by atoms with Crippen LogP contribution in [-0.2, 0) is 4.74 Å². The summed E-state index contributed by atoms with van der Waals surface area (Å²) >= 11 is 0. The second kappa shape index (κ2) is 5.96. The molecule has 2 aromatic rings. The monoisotopic (exact) mass is 313 g/mol. The average Bonchev–Trinajstić information content (AvgIpc) is 3.39. The van der Waals surface area contributed by atoms with Gasteiger partial charge in [0.1, 0.15) is 17.4 Å². The number of aryl methyl sites for hydroxylation is 1. The SMILES string of the molecule is COc1ccc2nc(C)nc(NC3CCOC(C4CC4)C3)c2c1. The van der Waals surface area contributed by atoms with E-state index in [1.165, 1.54) is 12.8 Å². The summed E-state index contributed by atoms with van der Waals surface area (Å²) in [4.78, 5) is 9.16. The van der Waals surface area contributed by atoms with Gasteiger partial charge in [0, 0.05) is 18.0 Å². The van der Waals surface area contributed by atoms with E-state index in [0.29, 0.717) is 12.1 Å². The Balaban J connectivity index is 1.61. The van der Waals surface area contributed by atoms with E-state index in [0.717, 1.165) is 53.7 Å². The van der Waals surface area contributed by atoms with Gasteiger partial charge in [-0.3, -0.25) is 0 Å². The third-order valence-electron chi connectivity index (χ3n) is 4.82. The Bertz CT molecular complexity index is 715. The average molecular weight is 313 g/mol. The zero-order chi connectivity index (χ0) is 15.8. The van der Waals surface area contributed by atoms with Crippen LogP contribution in [0.3, 0.4) is 0 Å². The van der Waals surface area contributed by atoms with Gasteiger partial charge in [0.15, 0.2) is 0 Å². The summed E-state index contributed by atoms with van der Waals surface area (Å²) < 4.78 is 11.3. The number of anilines is 1. The van der Waals surface area contributed by atoms with E-state index in [2.05, 4.69) is 15.3 Å². The number of nitrogens with zero attached hydrogens (tertiary/aromatic N) is 2. The van der Waals surface area contributed by atoms with E-state index >= 15 is 0 Å². The van der Waals surface area contributed by atoms with Gasteiger partial charge in [-0.05, 0) is 56.7 Å². The van der Waals surface area contributed by atoms with E-state index in [4.69, 9.17) is 9.47 Å². The van der Waals surface area contributed by atoms with Crippen molar-refractivity contribution in [1.29, 1.82) is 0 Å². The van der Waals surface area contributed by atoms with Crippen LogP contribution in [0.25, 0.3) is 10.9 Å². The van der Waals surface area contributed by atoms with E-state index in [1.54, 1.807) is 7.11 Å². The number of ether oxygens (including phenoxy) is 2. The first-order chi connectivity index (χ1) is 11.2. The molecule has 2 unspecified atom stereocenters. The fraction of sp³-hybridized carbons (Fsp3) is 0.556. The van der Waals surface area contributed by atoms with Gasteiger partial charge in [0.05, 0.1) is 18.7 Å². The molecular formula is C18H23N3O2. The Morgan fingerprint density at radius 2 is 2.09 bits per heavy atom. The van der Waals surface area contributed by atoms with Crippen LogP contribution in [-0.4, -0.2) is 35.8 Å². The fourth-order valence-corrected chi connectivity index (χ4v) is 3.41. The van der Waals surface area contributed by atoms with Gasteiger partial charge in [-0.25, -0.2) is 9.97 Å². The summed E-state index contributed by atoms with van der Waals surface area (Å²) in [7, 11) is 1.68. The molecule has 5 heteroatoms. The molecule has 0 spiro atoms. The van der Waals surface area contributed by atoms with Crippen molar-refractivity contribution < 1.29 is 9.47 Å². The van der Waals surface area contributed by atoms with Crippen molar-refractivity contribution in [2.75, 3.05) is 19.0 Å². The molecule has 23 heavy (non-hydrogen) atoms. The number of hydrogen-bond donors (Lipinski definition) is 1. The van der Waals surface area contributed by atoms with Gasteiger partial charge in [-0.15, -0.1) is 0 Å². The van der Waals surface area contributed by atoms with Crippen LogP contribution in [0.4, 0.5) is 5.82 Å². The van der Waals surface area contributed by atoms with Gasteiger partial charge in [-0.1, -0.05) is 0 Å². The van der Waals surface area contributed by atoms with Gasteiger partial charge in [0.25, 0.3) is 0 Å². The molecule has 1 aliphatic heterocycles. The molecule has 4 rings (SSSR count). The summed E-state index contributed by atoms with van der Waals surface area (Å²) in [6.07, 6.45) is 5.16. The molecule has 1 aromatic heterocycles. The lowest BCUT2D eigenvalue weighted by atomic mass is 10.00. The summed E-state index contributed by atoms with van der Waals surface area (Å²) in [5.74, 6) is 3.31. The zero-order valence-corrected chi connectivity index (χ0v) is 13.7. The van der Waals surface area contributed by atoms with Crippen molar-refractivity contribution >= 4 is 16.7 Å². The normalized spacial score (nSPS) is 24.6. The molecule has 2 aliphatic rings. The molecule has 1 N–H and O–H groups in total. The molecule has 1 saturated carbocycles. The molecule has 1 aliphatic carbocycles. The van der Waals surface area contributed by atoms with E-state index < -0.39 is 0 Å². The van der Waals surface area contributed by atoms with Gasteiger partial charge in [0.2, 0.25) is 0 Å². The van der Waals surface area contributed by atoms with Crippen molar-refractivity contribution in [3.63, 3.8) is 0 Å². The van der Waals surface area contributed by atoms with E-state index in [9.17, 15) is 0 Å². The number of hydrogen-bond acceptors (Lipinski definition) is 5. The maximum Gasteiger partial charge on any atom is 0.137 e. The highest BCUT2D eigenvalue weighted by Gasteiger charge is 2.36. The van der Waals surface area contributed by atoms with Crippen LogP contribution in [0.5, 0.6) is 5.75 Å². The Morgan fingerprint density at radius 3 is 2.87 bits per heavy atom. The van der Waals surface area contributed by atoms with Crippen LogP contribution >= 0.6 is 0 Å². The minimum atomic E-state index is 0.415. The Morgan fingerprint density at radius 1 is 1.22 bits per heavy atom. The summed E-state index contributed by atoms with van der Waals surface area (Å²) in [5, 5.41) is 4.66. The highest BCUT2D eigenvalue weighted by molar-refractivity contribution is 5.90. The number of rotatable bonds is 4. The molecule has 2 fully saturated rings. The minimum Gasteiger partial charge on any atom is -0.497 e. The first kappa shape index (κ1) is 14.7. The molecule has 1 saturated heterocycles. The number of benzene rings is 1. The van der Waals surface area contributed by atoms with Crippen molar-refractivity contribution in [3.05, 3.63) is 24.0 Å². The van der Waals surface area contributed by atoms with Crippen LogP contribution < -0.4 is 10.1 Å². The largest absolute Gasteiger partial charge is 0.497 e. The number of nitrogens with one attached hydrogen (secondary N) is 1. The van der Waals surface area contributed by atoms with Crippen LogP contribution in [0, 0.1) is 12.8 Å². The maximum atomic E-state index is 5.92. The topological polar surface area (TPSA) is 56.3 Å². The summed E-state index contributed by atoms with van der Waals surface area (Å²) in [5.41, 5.74) is 0.951. The smallest absolute Gasteiger partial charge is 0.137 e. The molecule has 2 atom stereocenters. The maximum absolute atomic E-state index is 5.92. The predicted octanol–water partition coefficient (Wildman–Crippen LogP) is 3.32. The van der Waals surface area contributed by atoms with Gasteiger partial charge < -0.3 is 14.8 Å². The second-order valence-electron chi connectivity index (χ2n) is 6.61. The highest BCUT2D eigenvalue weighted by atomic mass is 16.5. The summed E-state index contributed by atoms with van der Waals surface area (Å²) in [6.45, 7) is 2.77. The van der Waals surface area contributed by atoms with E-state index in [-0.39, 0.29) is 0 Å². The zero-order valence-electron chi connectivity index (χ0n) is 13.7. The first-order valence-electron chi connectivity index (χ1n) is 8.43. The fourth-order valence-electron chi connectivity index (χ4n) is 3.41. The quantitative estimate of drug-likeness (QED) is 0.938. The molecule has 1 aromatic carbocycles. The van der Waals surface area contributed by atoms with Crippen molar-refractivity contribution in [2.45, 2.75) is 44.8 Å². The number of fused-ring (bicyclic) bond motifs is 1. The molecule has 122 valence electrons. The van der Waals surface area contributed by atoms with Crippen LogP contribution in [0.1, 0.15) is 31.5 Å². The van der Waals surface area contributed by atoms with Crippen molar-refractivity contribution in [3.8, 4) is 5.75 Å². The van der Waals surface area contributed by atoms with Gasteiger partial charge >= 0.3 is 0 Å². The number of aromatic nitrogens is 2. The second-order valence-corrected chi connectivity index (χ2v) is 6.61. The van der Waals surface area contributed by atoms with Crippen molar-refractivity contribution in [2.24, 2.45) is 5.92 Å². The van der Waals surface area contributed by atoms with Crippen LogP contribution in [0.15, 0.2) is 18.2 Å². The van der Waals surface area contributed by atoms with E-state index in [1.807, 2.05) is 25.1 Å². The lowest BCUT2D eigenvalue weighted by Gasteiger charge is -2.30. The molecule has 0 radical (unpaired) electrons. The third-order valence-corrected chi connectivity index (χ3v) is 4.82. The first-order valence-corrected chi connectivity index (χ1v) is 8.43.